The minimum absolute atomic E-state index is 1.04. The van der Waals surface area contributed by atoms with Crippen LogP contribution in [0.25, 0.3) is 11.6 Å². The van der Waals surface area contributed by atoms with E-state index in [1.807, 2.05) is 0 Å². The molecule has 0 radical (unpaired) electrons. The smallest absolute Gasteiger partial charge is 0.0622 e. The van der Waals surface area contributed by atoms with Crippen molar-refractivity contribution < 1.29 is 0 Å². The van der Waals surface area contributed by atoms with E-state index in [0.717, 1.165) is 6.42 Å². The lowest BCUT2D eigenvalue weighted by atomic mass is 9.88. The zero-order valence-corrected chi connectivity index (χ0v) is 9.06. The van der Waals surface area contributed by atoms with Crippen molar-refractivity contribution in [3.8, 4) is 0 Å². The molecular formula is C16H13+. The number of rotatable bonds is 0. The average Bonchev–Trinajstić information content (AvgIpc) is 2.50. The second-order valence-corrected chi connectivity index (χ2v) is 4.11. The minimum Gasteiger partial charge on any atom is -0.0622 e. The lowest BCUT2D eigenvalue weighted by Gasteiger charge is -2.13. The summed E-state index contributed by atoms with van der Waals surface area (Å²) in [6.07, 6.45) is 14.0. The first-order valence-corrected chi connectivity index (χ1v) is 5.61. The molecule has 0 nitrogen and oxygen atoms in total. The molecular weight excluding hydrogens is 192 g/mol. The Morgan fingerprint density at radius 3 is 3.12 bits per heavy atom. The summed E-state index contributed by atoms with van der Waals surface area (Å²) in [6, 6.07) is 10.7. The zero-order valence-electron chi connectivity index (χ0n) is 9.06. The normalized spacial score (nSPS) is 16.8. The Kier molecular flexibility index (Phi) is 2.26. The van der Waals surface area contributed by atoms with Gasteiger partial charge in [-0.3, -0.25) is 0 Å². The Hall–Kier alpha value is -1.95. The minimum atomic E-state index is 1.04. The lowest BCUT2D eigenvalue weighted by molar-refractivity contribution is 1.28. The molecule has 0 saturated heterocycles. The summed E-state index contributed by atoms with van der Waals surface area (Å²) in [5.41, 5.74) is 5.46. The number of hydrogen-bond acceptors (Lipinski definition) is 0. The van der Waals surface area contributed by atoms with Gasteiger partial charge in [-0.05, 0) is 11.1 Å². The molecule has 0 unspecified atom stereocenters. The van der Waals surface area contributed by atoms with Crippen LogP contribution in [-0.2, 0) is 0 Å². The highest BCUT2D eigenvalue weighted by Crippen LogP contribution is 2.33. The molecule has 1 aromatic carbocycles. The maximum absolute atomic E-state index is 2.28. The Morgan fingerprint density at radius 1 is 1.12 bits per heavy atom. The highest BCUT2D eigenvalue weighted by atomic mass is 14.2. The molecule has 0 fully saturated rings. The van der Waals surface area contributed by atoms with Gasteiger partial charge < -0.3 is 0 Å². The van der Waals surface area contributed by atoms with Crippen molar-refractivity contribution in [1.29, 1.82) is 0 Å². The van der Waals surface area contributed by atoms with Gasteiger partial charge in [0.25, 0.3) is 0 Å². The van der Waals surface area contributed by atoms with Crippen molar-refractivity contribution in [1.82, 2.24) is 0 Å². The van der Waals surface area contributed by atoms with Gasteiger partial charge in [0.05, 0.1) is 17.2 Å². The van der Waals surface area contributed by atoms with E-state index in [4.69, 9.17) is 0 Å². The first kappa shape index (κ1) is 9.29. The van der Waals surface area contributed by atoms with Crippen molar-refractivity contribution in [2.45, 2.75) is 6.42 Å². The van der Waals surface area contributed by atoms with Gasteiger partial charge >= 0.3 is 0 Å². The van der Waals surface area contributed by atoms with E-state index in [1.165, 1.54) is 22.3 Å². The van der Waals surface area contributed by atoms with Gasteiger partial charge in [-0.15, -0.1) is 0 Å². The lowest BCUT2D eigenvalue weighted by Crippen LogP contribution is -1.96. The van der Waals surface area contributed by atoms with Crippen LogP contribution in [0.4, 0.5) is 0 Å². The molecule has 3 rings (SSSR count). The Labute approximate surface area is 96.0 Å². The Bertz CT molecular complexity index is 546. The molecule has 16 heavy (non-hydrogen) atoms. The van der Waals surface area contributed by atoms with Crippen molar-refractivity contribution in [2.75, 3.05) is 0 Å². The molecule has 0 aliphatic heterocycles. The van der Waals surface area contributed by atoms with E-state index in [-0.39, 0.29) is 0 Å². The highest BCUT2D eigenvalue weighted by molar-refractivity contribution is 5.82. The summed E-state index contributed by atoms with van der Waals surface area (Å²) >= 11 is 0. The summed E-state index contributed by atoms with van der Waals surface area (Å²) in [7, 11) is 0. The SMILES string of the molecule is C1=CC=C2CC(=Cc3c[cH+]cccc32)C=C1. The zero-order chi connectivity index (χ0) is 10.8. The molecule has 0 spiro atoms. The molecule has 0 atom stereocenters. The molecule has 1 aromatic rings. The number of fused-ring (bicyclic) bond motifs is 4. The summed E-state index contributed by atoms with van der Waals surface area (Å²) in [5, 5.41) is 0. The molecule has 76 valence electrons. The van der Waals surface area contributed by atoms with E-state index in [0.29, 0.717) is 0 Å². The Morgan fingerprint density at radius 2 is 2.12 bits per heavy atom. The fourth-order valence-electron chi connectivity index (χ4n) is 2.22. The summed E-state index contributed by atoms with van der Waals surface area (Å²) in [5.74, 6) is 0. The quantitative estimate of drug-likeness (QED) is 0.555. The van der Waals surface area contributed by atoms with Crippen LogP contribution in [0.15, 0.2) is 66.3 Å². The monoisotopic (exact) mass is 205 g/mol. The fraction of sp³-hybridized carbons (Fsp3) is 0.0625. The third-order valence-corrected chi connectivity index (χ3v) is 2.98. The topological polar surface area (TPSA) is 0 Å². The van der Waals surface area contributed by atoms with Crippen LogP contribution in [-0.4, -0.2) is 0 Å². The first-order chi connectivity index (χ1) is 7.93. The predicted molar refractivity (Wildman–Crippen MR) is 69.7 cm³/mol. The van der Waals surface area contributed by atoms with Crippen LogP contribution in [0.2, 0.25) is 0 Å². The molecule has 0 N–H and O–H groups in total. The van der Waals surface area contributed by atoms with Crippen molar-refractivity contribution in [2.24, 2.45) is 0 Å². The van der Waals surface area contributed by atoms with Gasteiger partial charge in [-0.2, -0.15) is 0 Å². The third-order valence-electron chi connectivity index (χ3n) is 2.98. The molecule has 0 amide bonds. The van der Waals surface area contributed by atoms with E-state index in [1.54, 1.807) is 0 Å². The number of hydrogen-bond donors (Lipinski definition) is 0. The van der Waals surface area contributed by atoms with Crippen molar-refractivity contribution in [3.63, 3.8) is 0 Å². The molecule has 2 aliphatic carbocycles. The van der Waals surface area contributed by atoms with Crippen molar-refractivity contribution in [3.05, 3.63) is 77.4 Å². The van der Waals surface area contributed by atoms with Gasteiger partial charge in [0, 0.05) is 36.8 Å². The molecule has 2 bridgehead atoms. The highest BCUT2D eigenvalue weighted by Gasteiger charge is 2.16. The largest absolute Gasteiger partial charge is 0.0722 e. The molecule has 0 saturated carbocycles. The van der Waals surface area contributed by atoms with Gasteiger partial charge in [-0.25, -0.2) is 0 Å². The predicted octanol–water partition coefficient (Wildman–Crippen LogP) is 4.26. The fourth-order valence-corrected chi connectivity index (χ4v) is 2.22. The third kappa shape index (κ3) is 1.63. The van der Waals surface area contributed by atoms with Crippen LogP contribution in [0, 0.1) is 0 Å². The number of allylic oxidation sites excluding steroid dienone is 7. The Balaban J connectivity index is 2.29. The second-order valence-electron chi connectivity index (χ2n) is 4.11. The van der Waals surface area contributed by atoms with Gasteiger partial charge in [0.15, 0.2) is 0 Å². The van der Waals surface area contributed by atoms with Gasteiger partial charge in [0.2, 0.25) is 0 Å². The summed E-state index contributed by atoms with van der Waals surface area (Å²) in [4.78, 5) is 0. The van der Waals surface area contributed by atoms with E-state index < -0.39 is 0 Å². The summed E-state index contributed by atoms with van der Waals surface area (Å²) in [6.45, 7) is 0. The molecule has 2 aliphatic rings. The first-order valence-electron chi connectivity index (χ1n) is 5.61. The van der Waals surface area contributed by atoms with Crippen LogP contribution >= 0.6 is 0 Å². The van der Waals surface area contributed by atoms with E-state index in [2.05, 4.69) is 66.8 Å². The maximum atomic E-state index is 2.28. The summed E-state index contributed by atoms with van der Waals surface area (Å²) < 4.78 is 0. The van der Waals surface area contributed by atoms with Gasteiger partial charge in [-0.1, -0.05) is 30.4 Å². The van der Waals surface area contributed by atoms with Crippen LogP contribution in [0.3, 0.4) is 0 Å². The standard InChI is InChI=1S/C16H13/c1-3-7-13-11-14(8-4-1)16-10-6-2-5-9-15(16)12-13/h1-10,12H,11H2/q+1. The van der Waals surface area contributed by atoms with Crippen LogP contribution < -0.4 is 0 Å². The van der Waals surface area contributed by atoms with E-state index >= 15 is 0 Å². The average molecular weight is 205 g/mol. The second kappa shape index (κ2) is 3.90. The van der Waals surface area contributed by atoms with Crippen LogP contribution in [0.5, 0.6) is 0 Å². The van der Waals surface area contributed by atoms with Crippen LogP contribution in [0.1, 0.15) is 17.5 Å². The molecule has 0 aromatic heterocycles. The van der Waals surface area contributed by atoms with E-state index in [9.17, 15) is 0 Å². The molecule has 0 heteroatoms. The van der Waals surface area contributed by atoms with Gasteiger partial charge in [0.1, 0.15) is 0 Å². The van der Waals surface area contributed by atoms with Crippen molar-refractivity contribution >= 4 is 11.6 Å². The molecule has 0 heterocycles. The maximum Gasteiger partial charge on any atom is 0.0722 e.